The molecule has 2 fully saturated rings. The monoisotopic (exact) mass is 384 g/mol. The molecule has 0 nitrogen and oxygen atoms in total. The van der Waals surface area contributed by atoms with Gasteiger partial charge >= 0.3 is 0 Å². The van der Waals surface area contributed by atoms with Gasteiger partial charge in [0, 0.05) is 0 Å². The molecule has 0 amide bonds. The summed E-state index contributed by atoms with van der Waals surface area (Å²) in [5.41, 5.74) is 2.83. The van der Waals surface area contributed by atoms with Gasteiger partial charge in [0.15, 0.2) is 0 Å². The molecule has 0 atom stereocenters. The van der Waals surface area contributed by atoms with Crippen molar-refractivity contribution in [3.63, 3.8) is 0 Å². The Kier molecular flexibility index (Phi) is 9.00. The Balaban J connectivity index is 0.000000152. The zero-order chi connectivity index (χ0) is 17.9. The molecule has 1 aliphatic carbocycles. The second kappa shape index (κ2) is 11.8. The molecule has 0 spiro atoms. The predicted octanol–water partition coefficient (Wildman–Crippen LogP) is 7.23. The van der Waals surface area contributed by atoms with E-state index in [-0.39, 0.29) is 0 Å². The maximum absolute atomic E-state index is 2.23. The summed E-state index contributed by atoms with van der Waals surface area (Å²) in [7, 11) is 0. The van der Waals surface area contributed by atoms with Crippen LogP contribution in [0.1, 0.15) is 49.7 Å². The fourth-order valence-electron chi connectivity index (χ4n) is 3.76. The van der Waals surface area contributed by atoms with Gasteiger partial charge < -0.3 is 0 Å². The van der Waals surface area contributed by atoms with Crippen molar-refractivity contribution in [3.8, 4) is 0 Å². The highest BCUT2D eigenvalue weighted by atomic mass is 32.2. The van der Waals surface area contributed by atoms with Crippen LogP contribution < -0.4 is 0 Å². The van der Waals surface area contributed by atoms with Gasteiger partial charge in [-0.15, -0.1) is 23.5 Å². The molecular formula is C24H32S2. The number of thioether (sulfide) groups is 2. The molecular weight excluding hydrogens is 352 g/mol. The van der Waals surface area contributed by atoms with Crippen molar-refractivity contribution in [3.05, 3.63) is 71.8 Å². The molecule has 0 radical (unpaired) electrons. The average Bonchev–Trinajstić information content (AvgIpc) is 2.75. The molecule has 26 heavy (non-hydrogen) atoms. The first kappa shape index (κ1) is 19.9. The summed E-state index contributed by atoms with van der Waals surface area (Å²) in [5, 5.41) is 0. The van der Waals surface area contributed by atoms with Crippen molar-refractivity contribution in [1.82, 2.24) is 0 Å². The third-order valence-electron chi connectivity index (χ3n) is 5.28. The van der Waals surface area contributed by atoms with Gasteiger partial charge in [0.2, 0.25) is 0 Å². The van der Waals surface area contributed by atoms with Gasteiger partial charge in [-0.1, -0.05) is 79.9 Å². The zero-order valence-electron chi connectivity index (χ0n) is 15.8. The largest absolute Gasteiger partial charge is 0.147 e. The molecule has 1 heterocycles. The Morgan fingerprint density at radius 1 is 0.615 bits per heavy atom. The van der Waals surface area contributed by atoms with Crippen LogP contribution in [0.2, 0.25) is 0 Å². The minimum Gasteiger partial charge on any atom is -0.147 e. The lowest BCUT2D eigenvalue weighted by molar-refractivity contribution is 0.380. The molecule has 4 rings (SSSR count). The molecule has 140 valence electrons. The van der Waals surface area contributed by atoms with E-state index in [0.717, 1.165) is 23.3 Å². The van der Waals surface area contributed by atoms with Gasteiger partial charge in [-0.05, 0) is 60.7 Å². The third-order valence-corrected chi connectivity index (χ3v) is 8.57. The smallest absolute Gasteiger partial charge is 0.0530 e. The Bertz CT molecular complexity index is 529. The highest BCUT2D eigenvalue weighted by Gasteiger charge is 2.25. The summed E-state index contributed by atoms with van der Waals surface area (Å²) in [6, 6.07) is 21.2. The second-order valence-corrected chi connectivity index (χ2v) is 10.1. The van der Waals surface area contributed by atoms with Gasteiger partial charge in [-0.3, -0.25) is 0 Å². The number of rotatable bonds is 4. The number of benzene rings is 2. The van der Waals surface area contributed by atoms with E-state index < -0.39 is 0 Å². The normalized spacial score (nSPS) is 18.8. The summed E-state index contributed by atoms with van der Waals surface area (Å²) in [6.07, 6.45) is 11.2. The van der Waals surface area contributed by atoms with Crippen molar-refractivity contribution in [1.29, 1.82) is 0 Å². The topological polar surface area (TPSA) is 0 Å². The van der Waals surface area contributed by atoms with E-state index in [9.17, 15) is 0 Å². The van der Waals surface area contributed by atoms with Crippen molar-refractivity contribution in [2.45, 2.75) is 55.9 Å². The van der Waals surface area contributed by atoms with Gasteiger partial charge in [0.25, 0.3) is 0 Å². The van der Waals surface area contributed by atoms with E-state index in [2.05, 4.69) is 84.2 Å². The van der Waals surface area contributed by atoms with Crippen LogP contribution >= 0.6 is 23.5 Å². The summed E-state index contributed by atoms with van der Waals surface area (Å²) in [4.78, 5) is 0. The van der Waals surface area contributed by atoms with Crippen LogP contribution in [0, 0.1) is 5.92 Å². The SMILES string of the molecule is C1CCC(C2SCCCS2)CC1.c1ccc(CCc2ccccc2)cc1. The van der Waals surface area contributed by atoms with Crippen LogP contribution in [0.4, 0.5) is 0 Å². The van der Waals surface area contributed by atoms with Crippen LogP contribution in [-0.4, -0.2) is 16.1 Å². The summed E-state index contributed by atoms with van der Waals surface area (Å²) >= 11 is 4.47. The first-order valence-corrected chi connectivity index (χ1v) is 12.3. The molecule has 0 unspecified atom stereocenters. The molecule has 0 aromatic heterocycles. The summed E-state index contributed by atoms with van der Waals surface area (Å²) in [6.45, 7) is 0. The Morgan fingerprint density at radius 2 is 1.12 bits per heavy atom. The number of hydrogen-bond acceptors (Lipinski definition) is 2. The maximum atomic E-state index is 2.23. The van der Waals surface area contributed by atoms with Gasteiger partial charge in [0.05, 0.1) is 4.58 Å². The van der Waals surface area contributed by atoms with E-state index in [1.807, 2.05) is 0 Å². The van der Waals surface area contributed by atoms with Crippen LogP contribution in [0.25, 0.3) is 0 Å². The molecule has 2 aliphatic rings. The highest BCUT2D eigenvalue weighted by molar-refractivity contribution is 8.17. The van der Waals surface area contributed by atoms with Crippen molar-refractivity contribution >= 4 is 23.5 Å². The van der Waals surface area contributed by atoms with E-state index in [1.54, 1.807) is 0 Å². The molecule has 0 bridgehead atoms. The third kappa shape index (κ3) is 7.04. The Labute approximate surface area is 168 Å². The van der Waals surface area contributed by atoms with E-state index in [0.29, 0.717) is 0 Å². The highest BCUT2D eigenvalue weighted by Crippen LogP contribution is 2.41. The molecule has 1 saturated heterocycles. The minimum atomic E-state index is 0.971. The quantitative estimate of drug-likeness (QED) is 0.545. The van der Waals surface area contributed by atoms with Crippen LogP contribution in [0.5, 0.6) is 0 Å². The lowest BCUT2D eigenvalue weighted by Gasteiger charge is -2.31. The lowest BCUT2D eigenvalue weighted by Crippen LogP contribution is -2.20. The zero-order valence-corrected chi connectivity index (χ0v) is 17.4. The molecule has 2 aromatic rings. The lowest BCUT2D eigenvalue weighted by atomic mass is 9.91. The molecule has 1 aliphatic heterocycles. The summed E-state index contributed by atoms with van der Waals surface area (Å²) in [5.74, 6) is 3.91. The standard InChI is InChI=1S/C14H14.C10H18S2/c1-3-7-13(8-4-1)11-12-14-9-5-2-6-10-14;1-2-5-9(6-3-1)10-11-7-4-8-12-10/h1-10H,11-12H2;9-10H,1-8H2. The van der Waals surface area contributed by atoms with Crippen LogP contribution in [0.15, 0.2) is 60.7 Å². The predicted molar refractivity (Wildman–Crippen MR) is 120 cm³/mol. The number of hydrogen-bond donors (Lipinski definition) is 0. The van der Waals surface area contributed by atoms with Gasteiger partial charge in [0.1, 0.15) is 0 Å². The average molecular weight is 385 g/mol. The Hall–Kier alpha value is -0.860. The summed E-state index contributed by atoms with van der Waals surface area (Å²) < 4.78 is 0.971. The van der Waals surface area contributed by atoms with E-state index in [4.69, 9.17) is 0 Å². The number of aryl methyl sites for hydroxylation is 2. The van der Waals surface area contributed by atoms with Gasteiger partial charge in [-0.25, -0.2) is 0 Å². The second-order valence-electron chi connectivity index (χ2n) is 7.33. The first-order chi connectivity index (χ1) is 12.9. The minimum absolute atomic E-state index is 0.971. The molecule has 1 saturated carbocycles. The fourth-order valence-corrected chi connectivity index (χ4v) is 7.08. The van der Waals surface area contributed by atoms with Crippen LogP contribution in [0.3, 0.4) is 0 Å². The molecule has 0 N–H and O–H groups in total. The first-order valence-electron chi connectivity index (χ1n) is 10.2. The maximum Gasteiger partial charge on any atom is 0.0530 e. The fraction of sp³-hybridized carbons (Fsp3) is 0.500. The van der Waals surface area contributed by atoms with E-state index >= 15 is 0 Å². The molecule has 2 heteroatoms. The van der Waals surface area contributed by atoms with Crippen molar-refractivity contribution < 1.29 is 0 Å². The van der Waals surface area contributed by atoms with E-state index in [1.165, 1.54) is 61.2 Å². The Morgan fingerprint density at radius 3 is 1.62 bits per heavy atom. The van der Waals surface area contributed by atoms with Gasteiger partial charge in [-0.2, -0.15) is 0 Å². The van der Waals surface area contributed by atoms with Crippen molar-refractivity contribution in [2.24, 2.45) is 5.92 Å². The van der Waals surface area contributed by atoms with Crippen LogP contribution in [-0.2, 0) is 12.8 Å². The van der Waals surface area contributed by atoms with Crippen molar-refractivity contribution in [2.75, 3.05) is 11.5 Å². The molecule has 2 aromatic carbocycles.